The largest absolute Gasteiger partial charge is 0.391 e. The Morgan fingerprint density at radius 1 is 1.88 bits per heavy atom. The van der Waals surface area contributed by atoms with E-state index in [0.29, 0.717) is 12.1 Å². The van der Waals surface area contributed by atoms with Gasteiger partial charge in [-0.1, -0.05) is 0 Å². The Hall–Kier alpha value is -0.410. The van der Waals surface area contributed by atoms with Gasteiger partial charge < -0.3 is 16.2 Å². The normalized spacial score (nSPS) is 13.4. The summed E-state index contributed by atoms with van der Waals surface area (Å²) in [7, 11) is 0. The summed E-state index contributed by atoms with van der Waals surface area (Å²) in [6.07, 6.45) is -0.122. The van der Waals surface area contributed by atoms with Crippen LogP contribution in [0.2, 0.25) is 0 Å². The van der Waals surface area contributed by atoms with Gasteiger partial charge >= 0.3 is 0 Å². The fourth-order valence-electron chi connectivity index (χ4n) is 0.437. The van der Waals surface area contributed by atoms with Gasteiger partial charge in [-0.05, 0) is 6.92 Å². The lowest BCUT2D eigenvalue weighted by Crippen LogP contribution is -2.21. The molecule has 4 N–H and O–H groups in total. The molecule has 0 radical (unpaired) electrons. The molecule has 0 aliphatic heterocycles. The lowest BCUT2D eigenvalue weighted by Gasteiger charge is -2.03. The second-order valence-corrected chi connectivity index (χ2v) is 1.87. The van der Waals surface area contributed by atoms with Crippen LogP contribution in [0.1, 0.15) is 13.3 Å². The lowest BCUT2D eigenvalue weighted by molar-refractivity contribution is 0.190. The van der Waals surface area contributed by atoms with E-state index in [1.807, 2.05) is 0 Å². The van der Waals surface area contributed by atoms with Gasteiger partial charge in [0, 0.05) is 18.7 Å². The predicted molar refractivity (Wildman–Crippen MR) is 33.1 cm³/mol. The van der Waals surface area contributed by atoms with Gasteiger partial charge in [-0.3, -0.25) is 0 Å². The molecule has 0 aromatic heterocycles. The Kier molecular flexibility index (Phi) is 3.39. The summed E-state index contributed by atoms with van der Waals surface area (Å²) < 4.78 is 0. The van der Waals surface area contributed by atoms with Crippen LogP contribution in [0.25, 0.3) is 0 Å². The van der Waals surface area contributed by atoms with Crippen molar-refractivity contribution in [3.63, 3.8) is 0 Å². The van der Waals surface area contributed by atoms with Crippen molar-refractivity contribution < 1.29 is 5.11 Å². The Morgan fingerprint density at radius 3 is 2.50 bits per heavy atom. The van der Waals surface area contributed by atoms with Crippen molar-refractivity contribution in [1.82, 2.24) is 0 Å². The van der Waals surface area contributed by atoms with Gasteiger partial charge in [0.2, 0.25) is 0 Å². The zero-order valence-corrected chi connectivity index (χ0v) is 5.02. The number of hydrogen-bond donors (Lipinski definition) is 3. The van der Waals surface area contributed by atoms with Gasteiger partial charge in [-0.15, -0.1) is 0 Å². The third-order valence-electron chi connectivity index (χ3n) is 0.814. The van der Waals surface area contributed by atoms with Crippen LogP contribution in [-0.4, -0.2) is 23.5 Å². The minimum absolute atomic E-state index is 0.246. The van der Waals surface area contributed by atoms with E-state index in [-0.39, 0.29) is 6.54 Å². The van der Waals surface area contributed by atoms with E-state index < -0.39 is 6.10 Å². The van der Waals surface area contributed by atoms with Crippen molar-refractivity contribution in [2.24, 2.45) is 5.73 Å². The number of nitrogens with two attached hydrogens (primary N) is 1. The molecule has 0 rings (SSSR count). The molecule has 8 heavy (non-hydrogen) atoms. The van der Waals surface area contributed by atoms with Crippen LogP contribution >= 0.6 is 0 Å². The minimum Gasteiger partial charge on any atom is -0.391 e. The molecule has 3 nitrogen and oxygen atoms in total. The van der Waals surface area contributed by atoms with Gasteiger partial charge in [0.05, 0.1) is 6.10 Å². The molecule has 1 atom stereocenters. The second kappa shape index (κ2) is 3.57. The zero-order valence-electron chi connectivity index (χ0n) is 5.02. The molecular weight excluding hydrogens is 104 g/mol. The van der Waals surface area contributed by atoms with E-state index in [4.69, 9.17) is 16.2 Å². The number of aliphatic hydroxyl groups excluding tert-OH is 1. The van der Waals surface area contributed by atoms with Crippen LogP contribution in [0.4, 0.5) is 0 Å². The molecule has 48 valence electrons. The summed E-state index contributed by atoms with van der Waals surface area (Å²) in [4.78, 5) is 0. The monoisotopic (exact) mass is 116 g/mol. The van der Waals surface area contributed by atoms with Gasteiger partial charge in [-0.25, -0.2) is 0 Å². The molecular formula is C5H12N2O. The number of hydrogen-bond acceptors (Lipinski definition) is 3. The summed E-state index contributed by atoms with van der Waals surface area (Å²) >= 11 is 0. The molecule has 0 aromatic carbocycles. The first-order valence-electron chi connectivity index (χ1n) is 2.59. The molecule has 0 spiro atoms. The summed E-state index contributed by atoms with van der Waals surface area (Å²) in [5, 5.41) is 15.7. The van der Waals surface area contributed by atoms with Crippen LogP contribution in [0, 0.1) is 5.41 Å². The van der Waals surface area contributed by atoms with Gasteiger partial charge in [0.1, 0.15) is 0 Å². The van der Waals surface area contributed by atoms with E-state index in [0.717, 1.165) is 0 Å². The molecule has 0 heterocycles. The molecule has 0 amide bonds. The molecule has 0 aliphatic carbocycles. The molecule has 0 bridgehead atoms. The van der Waals surface area contributed by atoms with Crippen molar-refractivity contribution in [1.29, 1.82) is 5.41 Å². The third kappa shape index (κ3) is 3.77. The van der Waals surface area contributed by atoms with Gasteiger partial charge in [0.15, 0.2) is 0 Å². The maximum Gasteiger partial charge on any atom is 0.0714 e. The smallest absolute Gasteiger partial charge is 0.0714 e. The molecule has 3 heteroatoms. The lowest BCUT2D eigenvalue weighted by atomic mass is 10.2. The van der Waals surface area contributed by atoms with E-state index in [9.17, 15) is 0 Å². The van der Waals surface area contributed by atoms with E-state index in [1.165, 1.54) is 0 Å². The first kappa shape index (κ1) is 7.59. The van der Waals surface area contributed by atoms with Crippen LogP contribution in [0.5, 0.6) is 0 Å². The van der Waals surface area contributed by atoms with Crippen molar-refractivity contribution in [2.45, 2.75) is 19.4 Å². The fourth-order valence-corrected chi connectivity index (χ4v) is 0.437. The first-order valence-corrected chi connectivity index (χ1v) is 2.59. The van der Waals surface area contributed by atoms with Crippen LogP contribution in [0.15, 0.2) is 0 Å². The van der Waals surface area contributed by atoms with Crippen LogP contribution in [-0.2, 0) is 0 Å². The summed E-state index contributed by atoms with van der Waals surface area (Å²) in [6, 6.07) is 0. The van der Waals surface area contributed by atoms with Crippen molar-refractivity contribution >= 4 is 5.71 Å². The molecule has 0 aliphatic rings. The van der Waals surface area contributed by atoms with E-state index in [2.05, 4.69) is 0 Å². The van der Waals surface area contributed by atoms with Crippen LogP contribution in [0.3, 0.4) is 0 Å². The zero-order chi connectivity index (χ0) is 6.57. The maximum atomic E-state index is 8.76. The van der Waals surface area contributed by atoms with Crippen molar-refractivity contribution in [3.05, 3.63) is 0 Å². The number of aliphatic hydroxyl groups is 1. The second-order valence-electron chi connectivity index (χ2n) is 1.87. The van der Waals surface area contributed by atoms with E-state index in [1.54, 1.807) is 6.92 Å². The topological polar surface area (TPSA) is 70.1 Å². The highest BCUT2D eigenvalue weighted by Crippen LogP contribution is 1.88. The highest BCUT2D eigenvalue weighted by Gasteiger charge is 1.99. The number of nitrogens with one attached hydrogen (secondary N) is 1. The first-order chi connectivity index (χ1) is 3.66. The maximum absolute atomic E-state index is 8.76. The molecule has 0 fully saturated rings. The fraction of sp³-hybridized carbons (Fsp3) is 0.800. The van der Waals surface area contributed by atoms with Crippen molar-refractivity contribution in [3.8, 4) is 0 Å². The summed E-state index contributed by atoms with van der Waals surface area (Å²) in [5.41, 5.74) is 5.55. The molecule has 1 unspecified atom stereocenters. The summed E-state index contributed by atoms with van der Waals surface area (Å²) in [6.45, 7) is 1.90. The Morgan fingerprint density at radius 2 is 2.38 bits per heavy atom. The molecule has 0 aromatic rings. The quantitative estimate of drug-likeness (QED) is 0.444. The molecule has 0 saturated carbocycles. The Balaban J connectivity index is 3.24. The third-order valence-corrected chi connectivity index (χ3v) is 0.814. The van der Waals surface area contributed by atoms with Crippen molar-refractivity contribution in [2.75, 3.05) is 6.54 Å². The van der Waals surface area contributed by atoms with Crippen LogP contribution < -0.4 is 5.73 Å². The highest BCUT2D eigenvalue weighted by atomic mass is 16.3. The van der Waals surface area contributed by atoms with E-state index >= 15 is 0 Å². The SMILES string of the molecule is CC(=N)CC(O)CN. The predicted octanol–water partition coefficient (Wildman–Crippen LogP) is -0.264. The highest BCUT2D eigenvalue weighted by molar-refractivity contribution is 5.78. The summed E-state index contributed by atoms with van der Waals surface area (Å²) in [5.74, 6) is 0. The Bertz CT molecular complexity index is 82.5. The van der Waals surface area contributed by atoms with Gasteiger partial charge in [-0.2, -0.15) is 0 Å². The standard InChI is InChI=1S/C5H12N2O/c1-4(7)2-5(8)3-6/h5,7-8H,2-3,6H2,1H3. The number of rotatable bonds is 3. The average molecular weight is 116 g/mol. The Labute approximate surface area is 49.0 Å². The average Bonchev–Trinajstić information content (AvgIpc) is 1.65. The van der Waals surface area contributed by atoms with Gasteiger partial charge in [0.25, 0.3) is 0 Å². The molecule has 0 saturated heterocycles. The minimum atomic E-state index is -0.521.